The highest BCUT2D eigenvalue weighted by molar-refractivity contribution is 5.98. The number of hydrazine groups is 1. The van der Waals surface area contributed by atoms with Crippen LogP contribution in [-0.4, -0.2) is 28.0 Å². The molecule has 2 aliphatic carbocycles. The Bertz CT molecular complexity index is 742. The summed E-state index contributed by atoms with van der Waals surface area (Å²) in [6.07, 6.45) is 4.35. The third kappa shape index (κ3) is 2.62. The molecule has 126 valence electrons. The van der Waals surface area contributed by atoms with Crippen LogP contribution in [0, 0.1) is 30.6 Å². The van der Waals surface area contributed by atoms with Gasteiger partial charge in [-0.15, -0.1) is 0 Å². The summed E-state index contributed by atoms with van der Waals surface area (Å²) in [6.45, 7) is 1.66. The molecule has 1 aromatic carbocycles. The predicted molar refractivity (Wildman–Crippen MR) is 83.8 cm³/mol. The van der Waals surface area contributed by atoms with Crippen LogP contribution in [0.4, 0.5) is 0 Å². The third-order valence-corrected chi connectivity index (χ3v) is 4.83. The molecule has 7 heteroatoms. The van der Waals surface area contributed by atoms with Crippen LogP contribution in [0.25, 0.3) is 0 Å². The standard InChI is InChI=1S/C17H18N2O5/c1-8-3-2-4-11(14(8)20)15(21)18-19-16(22)12-9-5-6-10(7-9)13(12)17(23)24/h2-6,9-10,12-13,20H,7H2,1H3,(H,18,21)(H,19,22)(H,23,24)/t9-,10+,12+,13+/m1/s1. The number of rotatable bonds is 3. The first-order valence-electron chi connectivity index (χ1n) is 7.70. The van der Waals surface area contributed by atoms with E-state index in [2.05, 4.69) is 10.9 Å². The number of aryl methyl sites for hydroxylation is 1. The number of allylic oxidation sites excluding steroid dienone is 2. The van der Waals surface area contributed by atoms with E-state index in [0.717, 1.165) is 0 Å². The molecule has 0 radical (unpaired) electrons. The van der Waals surface area contributed by atoms with Crippen LogP contribution in [0.2, 0.25) is 0 Å². The second kappa shape index (κ2) is 5.99. The number of hydrogen-bond donors (Lipinski definition) is 4. The number of fused-ring (bicyclic) bond motifs is 2. The Balaban J connectivity index is 1.67. The van der Waals surface area contributed by atoms with Gasteiger partial charge in [-0.3, -0.25) is 25.2 Å². The number of benzene rings is 1. The molecule has 3 rings (SSSR count). The molecule has 4 N–H and O–H groups in total. The van der Waals surface area contributed by atoms with Gasteiger partial charge < -0.3 is 10.2 Å². The molecule has 0 aromatic heterocycles. The van der Waals surface area contributed by atoms with Gasteiger partial charge in [0.2, 0.25) is 5.91 Å². The van der Waals surface area contributed by atoms with Gasteiger partial charge in [0.05, 0.1) is 17.4 Å². The summed E-state index contributed by atoms with van der Waals surface area (Å²) >= 11 is 0. The van der Waals surface area contributed by atoms with E-state index in [1.807, 2.05) is 12.2 Å². The first kappa shape index (κ1) is 16.0. The van der Waals surface area contributed by atoms with E-state index in [1.165, 1.54) is 6.07 Å². The lowest BCUT2D eigenvalue weighted by Crippen LogP contribution is -2.48. The summed E-state index contributed by atoms with van der Waals surface area (Å²) in [5.41, 5.74) is 5.12. The maximum atomic E-state index is 12.4. The maximum absolute atomic E-state index is 12.4. The molecule has 0 aliphatic heterocycles. The third-order valence-electron chi connectivity index (χ3n) is 4.83. The highest BCUT2D eigenvalue weighted by Gasteiger charge is 2.51. The molecular formula is C17H18N2O5. The fraction of sp³-hybridized carbons (Fsp3) is 0.353. The van der Waals surface area contributed by atoms with Gasteiger partial charge in [0.15, 0.2) is 0 Å². The first-order chi connectivity index (χ1) is 11.4. The number of nitrogens with one attached hydrogen (secondary N) is 2. The Labute approximate surface area is 138 Å². The number of aromatic hydroxyl groups is 1. The molecule has 0 unspecified atom stereocenters. The Kier molecular flexibility index (Phi) is 4.01. The Morgan fingerprint density at radius 1 is 1.08 bits per heavy atom. The number of carbonyl (C=O) groups is 3. The van der Waals surface area contributed by atoms with E-state index in [9.17, 15) is 24.6 Å². The van der Waals surface area contributed by atoms with Crippen molar-refractivity contribution in [2.75, 3.05) is 0 Å². The minimum atomic E-state index is -1.00. The summed E-state index contributed by atoms with van der Waals surface area (Å²) in [5.74, 6) is -4.09. The monoisotopic (exact) mass is 330 g/mol. The number of amides is 2. The van der Waals surface area contributed by atoms with E-state index < -0.39 is 29.6 Å². The normalized spacial score (nSPS) is 27.0. The van der Waals surface area contributed by atoms with Crippen LogP contribution in [0.1, 0.15) is 22.3 Å². The second-order valence-electron chi connectivity index (χ2n) is 6.25. The van der Waals surface area contributed by atoms with Crippen molar-refractivity contribution >= 4 is 17.8 Å². The van der Waals surface area contributed by atoms with E-state index in [1.54, 1.807) is 19.1 Å². The molecule has 1 saturated carbocycles. The van der Waals surface area contributed by atoms with Crippen molar-refractivity contribution < 1.29 is 24.6 Å². The van der Waals surface area contributed by atoms with E-state index in [0.29, 0.717) is 12.0 Å². The number of phenolic OH excluding ortho intramolecular Hbond substituents is 1. The van der Waals surface area contributed by atoms with Gasteiger partial charge in [0, 0.05) is 0 Å². The lowest BCUT2D eigenvalue weighted by Gasteiger charge is -2.23. The molecule has 1 aromatic rings. The predicted octanol–water partition coefficient (Wildman–Crippen LogP) is 0.985. The average molecular weight is 330 g/mol. The minimum absolute atomic E-state index is 0.0397. The number of aliphatic carboxylic acids is 1. The van der Waals surface area contributed by atoms with Crippen LogP contribution in [-0.2, 0) is 9.59 Å². The second-order valence-corrected chi connectivity index (χ2v) is 6.25. The molecule has 1 fully saturated rings. The van der Waals surface area contributed by atoms with Crippen LogP contribution in [0.5, 0.6) is 5.75 Å². The van der Waals surface area contributed by atoms with Gasteiger partial charge in [-0.1, -0.05) is 24.3 Å². The molecule has 4 atom stereocenters. The summed E-state index contributed by atoms with van der Waals surface area (Å²) in [5, 5.41) is 19.2. The fourth-order valence-electron chi connectivity index (χ4n) is 3.63. The Morgan fingerprint density at radius 3 is 2.42 bits per heavy atom. The molecule has 2 amide bonds. The summed E-state index contributed by atoms with van der Waals surface area (Å²) in [7, 11) is 0. The zero-order valence-corrected chi connectivity index (χ0v) is 13.0. The number of carboxylic acids is 1. The highest BCUT2D eigenvalue weighted by Crippen LogP contribution is 2.48. The molecular weight excluding hydrogens is 312 g/mol. The van der Waals surface area contributed by atoms with E-state index >= 15 is 0 Å². The lowest BCUT2D eigenvalue weighted by molar-refractivity contribution is -0.148. The van der Waals surface area contributed by atoms with Crippen molar-refractivity contribution in [2.45, 2.75) is 13.3 Å². The Morgan fingerprint density at radius 2 is 1.75 bits per heavy atom. The number of phenols is 1. The number of carbonyl (C=O) groups excluding carboxylic acids is 2. The SMILES string of the molecule is Cc1cccc(C(=O)NNC(=O)[C@@H]2[C@@H](C(=O)O)[C@H]3C=C[C@@H]2C3)c1O. The summed E-state index contributed by atoms with van der Waals surface area (Å²) in [6, 6.07) is 4.71. The van der Waals surface area contributed by atoms with Crippen LogP contribution >= 0.6 is 0 Å². The van der Waals surface area contributed by atoms with Gasteiger partial charge in [-0.2, -0.15) is 0 Å². The first-order valence-corrected chi connectivity index (χ1v) is 7.70. The molecule has 0 saturated heterocycles. The largest absolute Gasteiger partial charge is 0.507 e. The van der Waals surface area contributed by atoms with Crippen LogP contribution < -0.4 is 10.9 Å². The number of carboxylic acid groups (broad SMARTS) is 1. The molecule has 0 heterocycles. The van der Waals surface area contributed by atoms with Crippen LogP contribution in [0.15, 0.2) is 30.4 Å². The zero-order valence-electron chi connectivity index (χ0n) is 13.0. The van der Waals surface area contributed by atoms with Gasteiger partial charge in [-0.05, 0) is 36.8 Å². The Hall–Kier alpha value is -2.83. The lowest BCUT2D eigenvalue weighted by atomic mass is 9.82. The van der Waals surface area contributed by atoms with Gasteiger partial charge in [-0.25, -0.2) is 0 Å². The zero-order chi connectivity index (χ0) is 17.4. The molecule has 24 heavy (non-hydrogen) atoms. The highest BCUT2D eigenvalue weighted by atomic mass is 16.4. The van der Waals surface area contributed by atoms with Crippen LogP contribution in [0.3, 0.4) is 0 Å². The van der Waals surface area contributed by atoms with Crippen molar-refractivity contribution in [3.63, 3.8) is 0 Å². The topological polar surface area (TPSA) is 116 Å². The van der Waals surface area contributed by atoms with Crippen molar-refractivity contribution in [1.82, 2.24) is 10.9 Å². The maximum Gasteiger partial charge on any atom is 0.307 e. The molecule has 2 bridgehead atoms. The van der Waals surface area contributed by atoms with E-state index in [4.69, 9.17) is 0 Å². The fourth-order valence-corrected chi connectivity index (χ4v) is 3.63. The average Bonchev–Trinajstić information content (AvgIpc) is 3.15. The summed E-state index contributed by atoms with van der Waals surface area (Å²) < 4.78 is 0. The van der Waals surface area contributed by atoms with Crippen molar-refractivity contribution in [1.29, 1.82) is 0 Å². The quantitative estimate of drug-likeness (QED) is 0.487. The minimum Gasteiger partial charge on any atom is -0.507 e. The van der Waals surface area contributed by atoms with Crippen molar-refractivity contribution in [2.24, 2.45) is 23.7 Å². The molecule has 0 spiro atoms. The van der Waals surface area contributed by atoms with Gasteiger partial charge in [0.1, 0.15) is 5.75 Å². The number of para-hydroxylation sites is 1. The smallest absolute Gasteiger partial charge is 0.307 e. The van der Waals surface area contributed by atoms with Crippen molar-refractivity contribution in [3.05, 3.63) is 41.5 Å². The molecule has 7 nitrogen and oxygen atoms in total. The van der Waals surface area contributed by atoms with Crippen molar-refractivity contribution in [3.8, 4) is 5.75 Å². The molecule has 2 aliphatic rings. The van der Waals surface area contributed by atoms with E-state index in [-0.39, 0.29) is 23.1 Å². The van der Waals surface area contributed by atoms with Gasteiger partial charge in [0.25, 0.3) is 5.91 Å². The summed E-state index contributed by atoms with van der Waals surface area (Å²) in [4.78, 5) is 35.9. The van der Waals surface area contributed by atoms with Gasteiger partial charge >= 0.3 is 5.97 Å². The number of hydrogen-bond acceptors (Lipinski definition) is 4.